The molecule has 6 nitrogen and oxygen atoms in total. The van der Waals surface area contributed by atoms with Crippen LogP contribution in [0.3, 0.4) is 0 Å². The van der Waals surface area contributed by atoms with Gasteiger partial charge in [0.25, 0.3) is 0 Å². The number of rotatable bonds is 50. The van der Waals surface area contributed by atoms with Crippen LogP contribution < -0.4 is 0 Å². The highest BCUT2D eigenvalue weighted by Gasteiger charge is 2.19. The Morgan fingerprint density at radius 2 is 0.532 bits per heavy atom. The zero-order valence-corrected chi connectivity index (χ0v) is 42.5. The van der Waals surface area contributed by atoms with Crippen LogP contribution in [-0.2, 0) is 28.6 Å². The van der Waals surface area contributed by atoms with Crippen molar-refractivity contribution in [2.24, 2.45) is 11.8 Å². The summed E-state index contributed by atoms with van der Waals surface area (Å²) in [5.74, 6) is 0.773. The minimum absolute atomic E-state index is 0.0638. The van der Waals surface area contributed by atoms with E-state index in [2.05, 4.69) is 34.6 Å². The van der Waals surface area contributed by atoms with Gasteiger partial charge in [-0.3, -0.25) is 14.4 Å². The van der Waals surface area contributed by atoms with Gasteiger partial charge in [0.05, 0.1) is 0 Å². The molecule has 0 N–H and O–H groups in total. The molecule has 0 aromatic heterocycles. The molecule has 0 saturated carbocycles. The van der Waals surface area contributed by atoms with E-state index in [0.717, 1.165) is 69.6 Å². The van der Waals surface area contributed by atoms with Crippen molar-refractivity contribution in [1.82, 2.24) is 0 Å². The SMILES string of the molecule is CCCCCCCCCCCCCCCCCCCCCC(=O)OC[C@@H](COC(=O)CCCCCCCCCCCCCC(C)C)OC(=O)CCCCCCCCCCC(C)C. The number of hydrogen-bond acceptors (Lipinski definition) is 6. The van der Waals surface area contributed by atoms with Gasteiger partial charge < -0.3 is 14.2 Å². The van der Waals surface area contributed by atoms with Crippen LogP contribution in [0.15, 0.2) is 0 Å². The monoisotopic (exact) mass is 877 g/mol. The van der Waals surface area contributed by atoms with Gasteiger partial charge >= 0.3 is 17.9 Å². The molecule has 0 heterocycles. The van der Waals surface area contributed by atoms with E-state index in [9.17, 15) is 14.4 Å². The predicted molar refractivity (Wildman–Crippen MR) is 266 cm³/mol. The summed E-state index contributed by atoms with van der Waals surface area (Å²) in [6, 6.07) is 0. The highest BCUT2D eigenvalue weighted by Crippen LogP contribution is 2.18. The zero-order valence-electron chi connectivity index (χ0n) is 42.5. The average Bonchev–Trinajstić information content (AvgIpc) is 3.24. The van der Waals surface area contributed by atoms with E-state index in [4.69, 9.17) is 14.2 Å². The van der Waals surface area contributed by atoms with Gasteiger partial charge in [-0.1, -0.05) is 272 Å². The normalized spacial score (nSPS) is 12.0. The van der Waals surface area contributed by atoms with Crippen molar-refractivity contribution in [3.63, 3.8) is 0 Å². The fourth-order valence-electron chi connectivity index (χ4n) is 8.52. The number of unbranched alkanes of at least 4 members (excludes halogenated alkanes) is 35. The molecule has 0 radical (unpaired) electrons. The van der Waals surface area contributed by atoms with Crippen molar-refractivity contribution in [2.75, 3.05) is 13.2 Å². The van der Waals surface area contributed by atoms with E-state index >= 15 is 0 Å². The molecule has 62 heavy (non-hydrogen) atoms. The zero-order chi connectivity index (χ0) is 45.4. The van der Waals surface area contributed by atoms with Crippen molar-refractivity contribution in [3.8, 4) is 0 Å². The summed E-state index contributed by atoms with van der Waals surface area (Å²) in [5.41, 5.74) is 0. The maximum atomic E-state index is 12.8. The number of esters is 3. The van der Waals surface area contributed by atoms with E-state index in [1.807, 2.05) is 0 Å². The molecule has 0 aromatic rings. The first-order valence-electron chi connectivity index (χ1n) is 27.7. The minimum atomic E-state index is -0.762. The van der Waals surface area contributed by atoms with Gasteiger partial charge in [0.2, 0.25) is 0 Å². The van der Waals surface area contributed by atoms with Gasteiger partial charge in [-0.2, -0.15) is 0 Å². The summed E-state index contributed by atoms with van der Waals surface area (Å²) < 4.78 is 16.8. The summed E-state index contributed by atoms with van der Waals surface area (Å²) in [5, 5.41) is 0. The second-order valence-corrected chi connectivity index (χ2v) is 20.2. The maximum Gasteiger partial charge on any atom is 0.306 e. The molecule has 0 aliphatic carbocycles. The van der Waals surface area contributed by atoms with Crippen LogP contribution in [0.4, 0.5) is 0 Å². The predicted octanol–water partition coefficient (Wildman–Crippen LogP) is 18.1. The Hall–Kier alpha value is -1.59. The lowest BCUT2D eigenvalue weighted by Crippen LogP contribution is -2.30. The van der Waals surface area contributed by atoms with Gasteiger partial charge in [0.15, 0.2) is 6.10 Å². The fourth-order valence-corrected chi connectivity index (χ4v) is 8.52. The van der Waals surface area contributed by atoms with E-state index < -0.39 is 6.10 Å². The Balaban J connectivity index is 4.24. The molecule has 1 atom stereocenters. The summed E-state index contributed by atoms with van der Waals surface area (Å²) in [6.07, 6.45) is 51.0. The highest BCUT2D eigenvalue weighted by molar-refractivity contribution is 5.71. The molecule has 6 heteroatoms. The van der Waals surface area contributed by atoms with Gasteiger partial charge in [0, 0.05) is 19.3 Å². The van der Waals surface area contributed by atoms with Crippen molar-refractivity contribution < 1.29 is 28.6 Å². The van der Waals surface area contributed by atoms with Gasteiger partial charge in [-0.25, -0.2) is 0 Å². The van der Waals surface area contributed by atoms with E-state index in [-0.39, 0.29) is 31.1 Å². The first kappa shape index (κ1) is 60.4. The van der Waals surface area contributed by atoms with Crippen molar-refractivity contribution in [1.29, 1.82) is 0 Å². The molecule has 368 valence electrons. The summed E-state index contributed by atoms with van der Waals surface area (Å²) in [6.45, 7) is 11.4. The largest absolute Gasteiger partial charge is 0.462 e. The molecule has 0 rings (SSSR count). The molecule has 0 spiro atoms. The number of ether oxygens (including phenoxy) is 3. The summed E-state index contributed by atoms with van der Waals surface area (Å²) >= 11 is 0. The van der Waals surface area contributed by atoms with Crippen LogP contribution in [0.5, 0.6) is 0 Å². The van der Waals surface area contributed by atoms with Crippen molar-refractivity contribution in [3.05, 3.63) is 0 Å². The topological polar surface area (TPSA) is 78.9 Å². The van der Waals surface area contributed by atoms with Gasteiger partial charge in [0.1, 0.15) is 13.2 Å². The van der Waals surface area contributed by atoms with Crippen LogP contribution in [0.25, 0.3) is 0 Å². The lowest BCUT2D eigenvalue weighted by molar-refractivity contribution is -0.167. The Bertz CT molecular complexity index is 947. The van der Waals surface area contributed by atoms with Crippen LogP contribution in [0.1, 0.15) is 311 Å². The number of carbonyl (C=O) groups excluding carboxylic acids is 3. The molecule has 0 saturated heterocycles. The van der Waals surface area contributed by atoms with Crippen LogP contribution in [-0.4, -0.2) is 37.2 Å². The molecular formula is C56H108O6. The average molecular weight is 877 g/mol. The molecule has 0 bridgehead atoms. The summed E-state index contributed by atoms with van der Waals surface area (Å²) in [7, 11) is 0. The van der Waals surface area contributed by atoms with E-state index in [1.165, 1.54) is 199 Å². The van der Waals surface area contributed by atoms with Gasteiger partial charge in [-0.05, 0) is 31.1 Å². The molecule has 0 aliphatic rings. The molecule has 0 amide bonds. The van der Waals surface area contributed by atoms with E-state index in [1.54, 1.807) is 0 Å². The standard InChI is InChI=1S/C56H108O6/c1-6-7-8-9-10-11-12-13-14-15-16-17-18-19-22-25-31-36-41-46-54(57)60-49-53(62-56(59)48-43-38-33-28-27-30-35-40-45-52(4)5)50-61-55(58)47-42-37-32-26-23-20-21-24-29-34-39-44-51(2)3/h51-53H,6-50H2,1-5H3/t53-/m0/s1. The Kier molecular flexibility index (Phi) is 47.6. The van der Waals surface area contributed by atoms with Gasteiger partial charge in [-0.15, -0.1) is 0 Å². The third-order valence-corrected chi connectivity index (χ3v) is 12.7. The smallest absolute Gasteiger partial charge is 0.306 e. The fraction of sp³-hybridized carbons (Fsp3) is 0.946. The second-order valence-electron chi connectivity index (χ2n) is 20.2. The van der Waals surface area contributed by atoms with Crippen molar-refractivity contribution >= 4 is 17.9 Å². The first-order chi connectivity index (χ1) is 30.2. The minimum Gasteiger partial charge on any atom is -0.462 e. The highest BCUT2D eigenvalue weighted by atomic mass is 16.6. The van der Waals surface area contributed by atoms with Crippen molar-refractivity contribution in [2.45, 2.75) is 317 Å². The molecular weight excluding hydrogens is 769 g/mol. The van der Waals surface area contributed by atoms with E-state index in [0.29, 0.717) is 19.3 Å². The maximum absolute atomic E-state index is 12.8. The number of hydrogen-bond donors (Lipinski definition) is 0. The lowest BCUT2D eigenvalue weighted by atomic mass is 10.0. The molecule has 0 aromatic carbocycles. The second kappa shape index (κ2) is 48.9. The Labute approximate surface area is 387 Å². The van der Waals surface area contributed by atoms with Crippen LogP contribution >= 0.6 is 0 Å². The number of carbonyl (C=O) groups is 3. The van der Waals surface area contributed by atoms with Crippen LogP contribution in [0.2, 0.25) is 0 Å². The quantitative estimate of drug-likeness (QED) is 0.0344. The lowest BCUT2D eigenvalue weighted by Gasteiger charge is -2.18. The van der Waals surface area contributed by atoms with Crippen LogP contribution in [0, 0.1) is 11.8 Å². The molecule has 0 unspecified atom stereocenters. The Morgan fingerprint density at radius 1 is 0.306 bits per heavy atom. The molecule has 0 aliphatic heterocycles. The first-order valence-corrected chi connectivity index (χ1v) is 27.7. The molecule has 0 fully saturated rings. The third kappa shape index (κ3) is 49.4. The third-order valence-electron chi connectivity index (χ3n) is 12.7. The summed E-state index contributed by atoms with van der Waals surface area (Å²) in [4.78, 5) is 38.0. The Morgan fingerprint density at radius 3 is 0.790 bits per heavy atom.